The van der Waals surface area contributed by atoms with Crippen LogP contribution in [0, 0.1) is 6.92 Å². The molecular formula is C25H26N4O4. The Morgan fingerprint density at radius 3 is 2.33 bits per heavy atom. The Hall–Kier alpha value is -3.94. The summed E-state index contributed by atoms with van der Waals surface area (Å²) < 4.78 is 5.56. The molecule has 3 heterocycles. The number of nitrogens with zero attached hydrogens (tertiary/aromatic N) is 4. The van der Waals surface area contributed by atoms with Crippen LogP contribution in [0.2, 0.25) is 0 Å². The van der Waals surface area contributed by atoms with Crippen LogP contribution in [-0.4, -0.2) is 58.2 Å². The van der Waals surface area contributed by atoms with E-state index in [1.54, 1.807) is 23.4 Å². The van der Waals surface area contributed by atoms with E-state index in [0.717, 1.165) is 29.1 Å². The number of aromatic nitrogens is 2. The van der Waals surface area contributed by atoms with Crippen LogP contribution in [0.5, 0.6) is 5.75 Å². The number of aliphatic carboxylic acids is 1. The highest BCUT2D eigenvalue weighted by atomic mass is 16.6. The number of aryl methyl sites for hydroxylation is 1. The summed E-state index contributed by atoms with van der Waals surface area (Å²) in [6, 6.07) is 15.1. The van der Waals surface area contributed by atoms with Gasteiger partial charge in [-0.2, -0.15) is 0 Å². The number of carbonyl (C=O) groups excluding carboxylic acids is 1. The first-order chi connectivity index (χ1) is 16.0. The number of hydrogen-bond acceptors (Lipinski definition) is 6. The number of benzene rings is 1. The molecular weight excluding hydrogens is 420 g/mol. The van der Waals surface area contributed by atoms with Crippen LogP contribution in [0.25, 0.3) is 0 Å². The summed E-state index contributed by atoms with van der Waals surface area (Å²) in [5.41, 5.74) is 3.95. The van der Waals surface area contributed by atoms with Crippen molar-refractivity contribution in [2.24, 2.45) is 0 Å². The van der Waals surface area contributed by atoms with E-state index in [-0.39, 0.29) is 12.5 Å². The lowest BCUT2D eigenvalue weighted by Crippen LogP contribution is -2.49. The molecule has 1 N–H and O–H groups in total. The van der Waals surface area contributed by atoms with Gasteiger partial charge in [0.2, 0.25) is 0 Å². The van der Waals surface area contributed by atoms with Crippen molar-refractivity contribution >= 4 is 17.9 Å². The minimum absolute atomic E-state index is 0.0450. The third kappa shape index (κ3) is 5.85. The van der Waals surface area contributed by atoms with Crippen LogP contribution in [0.1, 0.15) is 22.4 Å². The van der Waals surface area contributed by atoms with E-state index >= 15 is 0 Å². The molecule has 0 spiro atoms. The monoisotopic (exact) mass is 446 g/mol. The number of amides is 1. The van der Waals surface area contributed by atoms with Gasteiger partial charge in [0.25, 0.3) is 0 Å². The summed E-state index contributed by atoms with van der Waals surface area (Å²) in [6.45, 7) is 4.34. The number of carbonyl (C=O) groups is 2. The molecule has 0 bridgehead atoms. The number of piperazine rings is 1. The maximum absolute atomic E-state index is 12.6. The molecule has 1 amide bonds. The molecule has 3 aromatic rings. The molecule has 170 valence electrons. The van der Waals surface area contributed by atoms with Crippen LogP contribution in [-0.2, 0) is 17.6 Å². The molecule has 0 atom stereocenters. The van der Waals surface area contributed by atoms with Gasteiger partial charge >= 0.3 is 12.1 Å². The van der Waals surface area contributed by atoms with Gasteiger partial charge in [0.15, 0.2) is 0 Å². The van der Waals surface area contributed by atoms with E-state index in [0.29, 0.717) is 37.5 Å². The molecule has 1 aliphatic heterocycles. The maximum Gasteiger partial charge on any atom is 0.415 e. The largest absolute Gasteiger partial charge is 0.481 e. The fourth-order valence-electron chi connectivity index (χ4n) is 3.74. The van der Waals surface area contributed by atoms with Crippen molar-refractivity contribution in [3.63, 3.8) is 0 Å². The van der Waals surface area contributed by atoms with E-state index in [4.69, 9.17) is 9.84 Å². The number of carboxylic acids is 1. The van der Waals surface area contributed by atoms with Gasteiger partial charge in [0.05, 0.1) is 6.42 Å². The molecule has 1 saturated heterocycles. The fourth-order valence-corrected chi connectivity index (χ4v) is 3.74. The molecule has 1 fully saturated rings. The van der Waals surface area contributed by atoms with Crippen LogP contribution >= 0.6 is 0 Å². The lowest BCUT2D eigenvalue weighted by Gasteiger charge is -2.34. The molecule has 33 heavy (non-hydrogen) atoms. The summed E-state index contributed by atoms with van der Waals surface area (Å²) in [6.07, 6.45) is 3.70. The third-order valence-corrected chi connectivity index (χ3v) is 5.64. The molecule has 1 aliphatic rings. The number of anilines is 1. The molecule has 0 saturated carbocycles. The predicted molar refractivity (Wildman–Crippen MR) is 124 cm³/mol. The lowest BCUT2D eigenvalue weighted by atomic mass is 10.1. The zero-order chi connectivity index (χ0) is 23.2. The van der Waals surface area contributed by atoms with Crippen molar-refractivity contribution in [1.82, 2.24) is 14.9 Å². The zero-order valence-corrected chi connectivity index (χ0v) is 18.5. The summed E-state index contributed by atoms with van der Waals surface area (Å²) >= 11 is 0. The van der Waals surface area contributed by atoms with Crippen LogP contribution < -0.4 is 9.64 Å². The SMILES string of the molecule is Cc1cccnc1Cc1ccc(OC(=O)N2CCN(c3ccc(CC(=O)O)cn3)CC2)cc1. The number of rotatable bonds is 6. The second-order valence-electron chi connectivity index (χ2n) is 8.02. The quantitative estimate of drug-likeness (QED) is 0.620. The number of carboxylic acid groups (broad SMARTS) is 1. The molecule has 0 unspecified atom stereocenters. The van der Waals surface area contributed by atoms with Gasteiger partial charge in [0.1, 0.15) is 11.6 Å². The second kappa shape index (κ2) is 10.1. The zero-order valence-electron chi connectivity index (χ0n) is 18.5. The first-order valence-electron chi connectivity index (χ1n) is 10.9. The van der Waals surface area contributed by atoms with E-state index in [1.807, 2.05) is 49.4 Å². The van der Waals surface area contributed by atoms with Gasteiger partial charge < -0.3 is 19.6 Å². The van der Waals surface area contributed by atoms with Gasteiger partial charge in [-0.15, -0.1) is 0 Å². The Morgan fingerprint density at radius 2 is 1.70 bits per heavy atom. The molecule has 4 rings (SSSR count). The van der Waals surface area contributed by atoms with E-state index in [1.165, 1.54) is 0 Å². The molecule has 1 aromatic carbocycles. The van der Waals surface area contributed by atoms with E-state index < -0.39 is 5.97 Å². The average molecular weight is 447 g/mol. The Labute approximate surface area is 192 Å². The van der Waals surface area contributed by atoms with Crippen LogP contribution in [0.15, 0.2) is 60.9 Å². The van der Waals surface area contributed by atoms with E-state index in [2.05, 4.69) is 14.9 Å². The standard InChI is InChI=1S/C25H26N4O4/c1-18-3-2-10-26-22(18)15-19-4-7-21(8-5-19)33-25(32)29-13-11-28(12-14-29)23-9-6-20(17-27-23)16-24(30)31/h2-10,17H,11-16H2,1H3,(H,30,31). The first-order valence-corrected chi connectivity index (χ1v) is 10.9. The third-order valence-electron chi connectivity index (χ3n) is 5.64. The molecule has 8 heteroatoms. The Kier molecular flexibility index (Phi) is 6.83. The van der Waals surface area contributed by atoms with Gasteiger partial charge in [-0.05, 0) is 47.9 Å². The molecule has 2 aromatic heterocycles. The summed E-state index contributed by atoms with van der Waals surface area (Å²) in [4.78, 5) is 35.9. The van der Waals surface area contributed by atoms with Crippen molar-refractivity contribution in [2.75, 3.05) is 31.1 Å². The first kappa shape index (κ1) is 22.3. The number of hydrogen-bond donors (Lipinski definition) is 1. The van der Waals surface area contributed by atoms with E-state index in [9.17, 15) is 9.59 Å². The topological polar surface area (TPSA) is 95.9 Å². The van der Waals surface area contributed by atoms with Gasteiger partial charge in [-0.3, -0.25) is 9.78 Å². The highest BCUT2D eigenvalue weighted by Gasteiger charge is 2.23. The predicted octanol–water partition coefficient (Wildman–Crippen LogP) is 3.32. The molecule has 0 radical (unpaired) electrons. The number of ether oxygens (including phenoxy) is 1. The molecule has 0 aliphatic carbocycles. The second-order valence-corrected chi connectivity index (χ2v) is 8.02. The summed E-state index contributed by atoms with van der Waals surface area (Å²) in [5, 5.41) is 8.87. The minimum Gasteiger partial charge on any atom is -0.481 e. The molecule has 8 nitrogen and oxygen atoms in total. The van der Waals surface area contributed by atoms with Gasteiger partial charge in [-0.25, -0.2) is 9.78 Å². The lowest BCUT2D eigenvalue weighted by molar-refractivity contribution is -0.136. The Balaban J connectivity index is 1.27. The van der Waals surface area contributed by atoms with Crippen molar-refractivity contribution in [2.45, 2.75) is 19.8 Å². The number of pyridine rings is 2. The van der Waals surface area contributed by atoms with Gasteiger partial charge in [0, 0.05) is 50.7 Å². The van der Waals surface area contributed by atoms with Gasteiger partial charge in [-0.1, -0.05) is 24.3 Å². The highest BCUT2D eigenvalue weighted by Crippen LogP contribution is 2.19. The smallest absolute Gasteiger partial charge is 0.415 e. The highest BCUT2D eigenvalue weighted by molar-refractivity contribution is 5.71. The van der Waals surface area contributed by atoms with Crippen molar-refractivity contribution in [1.29, 1.82) is 0 Å². The van der Waals surface area contributed by atoms with Crippen LogP contribution in [0.3, 0.4) is 0 Å². The Morgan fingerprint density at radius 1 is 0.970 bits per heavy atom. The summed E-state index contributed by atoms with van der Waals surface area (Å²) in [7, 11) is 0. The van der Waals surface area contributed by atoms with Crippen LogP contribution in [0.4, 0.5) is 10.6 Å². The minimum atomic E-state index is -0.880. The van der Waals surface area contributed by atoms with Crippen molar-refractivity contribution in [3.05, 3.63) is 83.3 Å². The normalized spacial score (nSPS) is 13.6. The average Bonchev–Trinajstić information content (AvgIpc) is 2.82. The maximum atomic E-state index is 12.6. The summed E-state index contributed by atoms with van der Waals surface area (Å²) in [5.74, 6) is 0.408. The Bertz CT molecular complexity index is 1110. The van der Waals surface area contributed by atoms with Crippen molar-refractivity contribution in [3.8, 4) is 5.75 Å². The van der Waals surface area contributed by atoms with Crippen molar-refractivity contribution < 1.29 is 19.4 Å². The fraction of sp³-hybridized carbons (Fsp3) is 0.280.